The molecular weight excluding hydrogens is 745 g/mol. The Labute approximate surface area is 281 Å². The van der Waals surface area contributed by atoms with Crippen molar-refractivity contribution in [2.24, 2.45) is 0 Å². The highest BCUT2D eigenvalue weighted by Gasteiger charge is 2.39. The van der Waals surface area contributed by atoms with Crippen LogP contribution in [0.5, 0.6) is 23.0 Å². The average molecular weight is 775 g/mol. The monoisotopic (exact) mass is 774 g/mol. The Hall–Kier alpha value is -3.58. The fraction of sp³-hybridized carbons (Fsp3) is 0.462. The standard InChI is InChI=1S/C26H30O19S4/c1-46(29,30)37-11-19-21(13-39-48(3,33)34)43-23-15(7-5-9-17(23)41-19)25(27)45-26(28)16-8-6-10-18-24(16)44-22(14-40-49(4,35)36)20(42-18)12-38-47(2,31)32/h5-10,19-22H,11-14H2,1-4H3/t19-,20-,21-,22-/m0/s1. The minimum absolute atomic E-state index is 0.107. The Morgan fingerprint density at radius 1 is 0.510 bits per heavy atom. The van der Waals surface area contributed by atoms with Crippen molar-refractivity contribution in [3.63, 3.8) is 0 Å². The quantitative estimate of drug-likeness (QED) is 0.134. The van der Waals surface area contributed by atoms with Crippen LogP contribution in [0.25, 0.3) is 0 Å². The van der Waals surface area contributed by atoms with Crippen LogP contribution in [0.15, 0.2) is 36.4 Å². The Balaban J connectivity index is 1.58. The summed E-state index contributed by atoms with van der Waals surface area (Å²) in [6.45, 7) is -2.57. The molecule has 2 aromatic rings. The van der Waals surface area contributed by atoms with Gasteiger partial charge in [0.15, 0.2) is 47.4 Å². The van der Waals surface area contributed by atoms with Crippen molar-refractivity contribution in [3.8, 4) is 23.0 Å². The molecule has 0 saturated carbocycles. The predicted molar refractivity (Wildman–Crippen MR) is 163 cm³/mol. The fourth-order valence-corrected chi connectivity index (χ4v) is 5.76. The summed E-state index contributed by atoms with van der Waals surface area (Å²) in [5.41, 5.74) is -0.728. The van der Waals surface area contributed by atoms with Gasteiger partial charge in [0.25, 0.3) is 40.5 Å². The molecule has 2 aromatic carbocycles. The molecular formula is C26H30O19S4. The number of fused-ring (bicyclic) bond motifs is 2. The molecule has 0 bridgehead atoms. The third-order valence-electron chi connectivity index (χ3n) is 6.29. The van der Waals surface area contributed by atoms with Gasteiger partial charge in [-0.15, -0.1) is 0 Å². The number of hydrogen-bond acceptors (Lipinski definition) is 19. The lowest BCUT2D eigenvalue weighted by Gasteiger charge is -2.34. The van der Waals surface area contributed by atoms with Crippen molar-refractivity contribution >= 4 is 52.4 Å². The molecule has 0 spiro atoms. The summed E-state index contributed by atoms with van der Waals surface area (Å²) in [5, 5.41) is 0. The number of para-hydroxylation sites is 2. The molecule has 2 aliphatic rings. The summed E-state index contributed by atoms with van der Waals surface area (Å²) in [4.78, 5) is 26.6. The highest BCUT2D eigenvalue weighted by atomic mass is 32.2. The molecule has 4 rings (SSSR count). The first kappa shape index (κ1) is 38.2. The zero-order valence-electron chi connectivity index (χ0n) is 26.0. The van der Waals surface area contributed by atoms with Gasteiger partial charge in [0.1, 0.15) is 37.6 Å². The molecule has 2 aliphatic heterocycles. The van der Waals surface area contributed by atoms with Crippen molar-refractivity contribution in [2.75, 3.05) is 51.5 Å². The molecule has 0 aromatic heterocycles. The number of benzene rings is 2. The molecule has 49 heavy (non-hydrogen) atoms. The maximum Gasteiger partial charge on any atom is 0.349 e. The van der Waals surface area contributed by atoms with Gasteiger partial charge < -0.3 is 23.7 Å². The topological polar surface area (TPSA) is 254 Å². The van der Waals surface area contributed by atoms with E-state index in [1.54, 1.807) is 0 Å². The lowest BCUT2D eigenvalue weighted by molar-refractivity contribution is -0.0246. The lowest BCUT2D eigenvalue weighted by Crippen LogP contribution is -2.46. The van der Waals surface area contributed by atoms with E-state index in [1.165, 1.54) is 36.4 Å². The minimum Gasteiger partial charge on any atom is -0.480 e. The Morgan fingerprint density at radius 2 is 0.796 bits per heavy atom. The molecule has 4 atom stereocenters. The van der Waals surface area contributed by atoms with E-state index in [0.717, 1.165) is 25.0 Å². The molecule has 0 fully saturated rings. The lowest BCUT2D eigenvalue weighted by atomic mass is 10.1. The van der Waals surface area contributed by atoms with E-state index in [9.17, 15) is 43.3 Å². The first-order valence-electron chi connectivity index (χ1n) is 13.7. The molecule has 0 saturated heterocycles. The van der Waals surface area contributed by atoms with E-state index >= 15 is 0 Å². The van der Waals surface area contributed by atoms with Gasteiger partial charge in [-0.05, 0) is 24.3 Å². The minimum atomic E-state index is -4.00. The van der Waals surface area contributed by atoms with Crippen LogP contribution in [-0.4, -0.2) is 121 Å². The smallest absolute Gasteiger partial charge is 0.349 e. The van der Waals surface area contributed by atoms with Crippen molar-refractivity contribution in [1.82, 2.24) is 0 Å². The van der Waals surface area contributed by atoms with E-state index in [4.69, 9.17) is 40.4 Å². The molecule has 0 amide bonds. The van der Waals surface area contributed by atoms with Gasteiger partial charge >= 0.3 is 11.9 Å². The summed E-state index contributed by atoms with van der Waals surface area (Å²) in [6, 6.07) is 7.75. The maximum absolute atomic E-state index is 13.3. The van der Waals surface area contributed by atoms with Crippen LogP contribution in [0.2, 0.25) is 0 Å². The van der Waals surface area contributed by atoms with Gasteiger partial charge in [-0.3, -0.25) is 16.7 Å². The number of esters is 2. The highest BCUT2D eigenvalue weighted by Crippen LogP contribution is 2.40. The average Bonchev–Trinajstić information content (AvgIpc) is 2.98. The molecule has 0 radical (unpaired) electrons. The molecule has 0 N–H and O–H groups in total. The van der Waals surface area contributed by atoms with E-state index in [1.807, 2.05) is 0 Å². The number of carbonyl (C=O) groups excluding carboxylic acids is 2. The van der Waals surface area contributed by atoms with Crippen LogP contribution >= 0.6 is 0 Å². The van der Waals surface area contributed by atoms with Gasteiger partial charge in [-0.25, -0.2) is 9.59 Å². The summed E-state index contributed by atoms with van der Waals surface area (Å²) in [7, 11) is -15.9. The van der Waals surface area contributed by atoms with Crippen molar-refractivity contribution in [2.45, 2.75) is 24.4 Å². The zero-order chi connectivity index (χ0) is 36.4. The Bertz CT molecular complexity index is 1880. The molecule has 2 heterocycles. The van der Waals surface area contributed by atoms with Crippen LogP contribution in [0.4, 0.5) is 0 Å². The number of ether oxygens (including phenoxy) is 5. The third kappa shape index (κ3) is 11.2. The maximum atomic E-state index is 13.3. The largest absolute Gasteiger partial charge is 0.480 e. The van der Waals surface area contributed by atoms with Crippen LogP contribution < -0.4 is 18.9 Å². The van der Waals surface area contributed by atoms with E-state index in [-0.39, 0.29) is 34.1 Å². The van der Waals surface area contributed by atoms with Crippen LogP contribution in [0.1, 0.15) is 20.7 Å². The van der Waals surface area contributed by atoms with E-state index in [0.29, 0.717) is 0 Å². The van der Waals surface area contributed by atoms with Gasteiger partial charge in [0.05, 0.1) is 25.0 Å². The van der Waals surface area contributed by atoms with Crippen LogP contribution in [0, 0.1) is 0 Å². The van der Waals surface area contributed by atoms with Gasteiger partial charge in [0, 0.05) is 0 Å². The normalized spacial score (nSPS) is 20.7. The SMILES string of the molecule is CS(=O)(=O)OC[C@@H]1Oc2cccc(C(=O)OC(=O)c3cccc4c3O[C@@H](COS(C)(=O)=O)[C@H](COS(C)(=O)=O)O4)c2O[C@H]1COS(C)(=O)=O. The summed E-state index contributed by atoms with van der Waals surface area (Å²) in [5.74, 6) is -3.35. The van der Waals surface area contributed by atoms with E-state index < -0.39 is 103 Å². The first-order chi connectivity index (χ1) is 22.6. The summed E-state index contributed by atoms with van der Waals surface area (Å²) >= 11 is 0. The number of carbonyl (C=O) groups is 2. The Morgan fingerprint density at radius 3 is 1.08 bits per heavy atom. The second kappa shape index (κ2) is 14.7. The molecule has 23 heteroatoms. The van der Waals surface area contributed by atoms with Gasteiger partial charge in [0.2, 0.25) is 0 Å². The Kier molecular flexibility index (Phi) is 11.5. The first-order valence-corrected chi connectivity index (χ1v) is 20.9. The van der Waals surface area contributed by atoms with Gasteiger partial charge in [-0.1, -0.05) is 12.1 Å². The molecule has 272 valence electrons. The second-order valence-electron chi connectivity index (χ2n) is 10.5. The van der Waals surface area contributed by atoms with Crippen LogP contribution in [0.3, 0.4) is 0 Å². The third-order valence-corrected chi connectivity index (χ3v) is 8.55. The molecule has 0 unspecified atom stereocenters. The zero-order valence-corrected chi connectivity index (χ0v) is 29.3. The van der Waals surface area contributed by atoms with Gasteiger partial charge in [-0.2, -0.15) is 33.7 Å². The van der Waals surface area contributed by atoms with E-state index in [2.05, 4.69) is 0 Å². The summed E-state index contributed by atoms with van der Waals surface area (Å²) < 4.78 is 140. The number of rotatable bonds is 14. The fourth-order valence-electron chi connectivity index (χ4n) is 4.24. The number of hydrogen-bond donors (Lipinski definition) is 0. The highest BCUT2D eigenvalue weighted by molar-refractivity contribution is 7.86. The van der Waals surface area contributed by atoms with Crippen molar-refractivity contribution < 1.29 is 83.7 Å². The van der Waals surface area contributed by atoms with Crippen molar-refractivity contribution in [3.05, 3.63) is 47.5 Å². The molecule has 19 nitrogen and oxygen atoms in total. The van der Waals surface area contributed by atoms with Crippen LogP contribution in [-0.2, 0) is 61.9 Å². The predicted octanol–water partition coefficient (Wildman–Crippen LogP) is -0.395. The summed E-state index contributed by atoms with van der Waals surface area (Å²) in [6.07, 6.45) is -2.00. The van der Waals surface area contributed by atoms with Crippen molar-refractivity contribution in [1.29, 1.82) is 0 Å². The second-order valence-corrected chi connectivity index (χ2v) is 17.1. The molecule has 0 aliphatic carbocycles.